The zero-order chi connectivity index (χ0) is 11.5. The van der Waals surface area contributed by atoms with Crippen molar-refractivity contribution in [2.45, 2.75) is 25.8 Å². The zero-order valence-electron chi connectivity index (χ0n) is 9.83. The van der Waals surface area contributed by atoms with Gasteiger partial charge in [0.25, 0.3) is 0 Å². The summed E-state index contributed by atoms with van der Waals surface area (Å²) in [6, 6.07) is 2.74. The molecule has 2 rings (SSSR count). The molecule has 4 heteroatoms. The van der Waals surface area contributed by atoms with E-state index >= 15 is 0 Å². The Morgan fingerprint density at radius 2 is 2.44 bits per heavy atom. The summed E-state index contributed by atoms with van der Waals surface area (Å²) in [5.74, 6) is 0.973. The normalized spacial score (nSPS) is 21.3. The summed E-state index contributed by atoms with van der Waals surface area (Å²) < 4.78 is 1.07. The maximum Gasteiger partial charge on any atom is 0.126 e. The molecule has 2 heterocycles. The number of nitrogens with one attached hydrogen (secondary N) is 1. The molecule has 0 aliphatic carbocycles. The van der Waals surface area contributed by atoms with E-state index in [9.17, 15) is 0 Å². The maximum absolute atomic E-state index is 4.35. The first-order chi connectivity index (χ1) is 7.66. The van der Waals surface area contributed by atoms with Crippen molar-refractivity contribution in [2.75, 3.05) is 25.5 Å². The van der Waals surface area contributed by atoms with E-state index in [2.05, 4.69) is 51.2 Å². The van der Waals surface area contributed by atoms with Crippen molar-refractivity contribution in [3.8, 4) is 0 Å². The highest BCUT2D eigenvalue weighted by atomic mass is 79.9. The summed E-state index contributed by atoms with van der Waals surface area (Å²) in [5.41, 5.74) is 1.22. The molecule has 0 radical (unpaired) electrons. The van der Waals surface area contributed by atoms with Crippen LogP contribution in [0.2, 0.25) is 0 Å². The lowest BCUT2D eigenvalue weighted by molar-refractivity contribution is 0.322. The van der Waals surface area contributed by atoms with Gasteiger partial charge in [0, 0.05) is 23.3 Å². The predicted octanol–water partition coefficient (Wildman–Crippen LogP) is 2.66. The average molecular weight is 284 g/mol. The van der Waals surface area contributed by atoms with Gasteiger partial charge in [-0.1, -0.05) is 0 Å². The van der Waals surface area contributed by atoms with E-state index in [0.717, 1.165) is 16.8 Å². The van der Waals surface area contributed by atoms with Crippen LogP contribution >= 0.6 is 15.9 Å². The number of aryl methyl sites for hydroxylation is 1. The van der Waals surface area contributed by atoms with Crippen LogP contribution in [0.15, 0.2) is 16.7 Å². The van der Waals surface area contributed by atoms with Gasteiger partial charge in [-0.25, -0.2) is 4.98 Å². The number of likely N-dealkylation sites (N-methyl/N-ethyl adjacent to an activating group) is 1. The lowest BCUT2D eigenvalue weighted by Crippen LogP contribution is -2.31. The highest BCUT2D eigenvalue weighted by Crippen LogP contribution is 2.19. The molecule has 0 bridgehead atoms. The minimum absolute atomic E-state index is 0.658. The highest BCUT2D eigenvalue weighted by Gasteiger charge is 2.20. The first-order valence-corrected chi connectivity index (χ1v) is 6.52. The van der Waals surface area contributed by atoms with Crippen molar-refractivity contribution in [3.05, 3.63) is 22.3 Å². The second-order valence-electron chi connectivity index (χ2n) is 4.48. The van der Waals surface area contributed by atoms with Gasteiger partial charge in [-0.15, -0.1) is 0 Å². The van der Waals surface area contributed by atoms with Crippen LogP contribution < -0.4 is 5.32 Å². The molecule has 1 aromatic rings. The van der Waals surface area contributed by atoms with E-state index in [-0.39, 0.29) is 0 Å². The van der Waals surface area contributed by atoms with Gasteiger partial charge in [0.1, 0.15) is 5.82 Å². The van der Waals surface area contributed by atoms with Gasteiger partial charge in [-0.2, -0.15) is 0 Å². The molecule has 3 nitrogen and oxygen atoms in total. The number of halogens is 1. The number of pyridine rings is 1. The van der Waals surface area contributed by atoms with Crippen LogP contribution in [0.25, 0.3) is 0 Å². The van der Waals surface area contributed by atoms with E-state index in [1.807, 2.05) is 6.20 Å². The Balaban J connectivity index is 1.91. The molecule has 16 heavy (non-hydrogen) atoms. The van der Waals surface area contributed by atoms with Crippen LogP contribution in [0, 0.1) is 6.92 Å². The van der Waals surface area contributed by atoms with E-state index in [1.165, 1.54) is 24.9 Å². The van der Waals surface area contributed by atoms with Gasteiger partial charge < -0.3 is 10.2 Å². The summed E-state index contributed by atoms with van der Waals surface area (Å²) in [7, 11) is 2.19. The van der Waals surface area contributed by atoms with Gasteiger partial charge in [0.2, 0.25) is 0 Å². The largest absolute Gasteiger partial charge is 0.368 e. The van der Waals surface area contributed by atoms with E-state index < -0.39 is 0 Å². The summed E-state index contributed by atoms with van der Waals surface area (Å²) in [6.07, 6.45) is 4.46. The van der Waals surface area contributed by atoms with Gasteiger partial charge >= 0.3 is 0 Å². The second kappa shape index (κ2) is 5.15. The molecule has 1 unspecified atom stereocenters. The summed E-state index contributed by atoms with van der Waals surface area (Å²) >= 11 is 3.46. The third-order valence-corrected chi connectivity index (χ3v) is 4.07. The van der Waals surface area contributed by atoms with Gasteiger partial charge in [-0.05, 0) is 60.9 Å². The Morgan fingerprint density at radius 3 is 3.06 bits per heavy atom. The number of likely N-dealkylation sites (tertiary alicyclic amines) is 1. The summed E-state index contributed by atoms with van der Waals surface area (Å²) in [5, 5.41) is 3.41. The van der Waals surface area contributed by atoms with Crippen molar-refractivity contribution >= 4 is 21.7 Å². The van der Waals surface area contributed by atoms with Crippen LogP contribution in [0.5, 0.6) is 0 Å². The van der Waals surface area contributed by atoms with Crippen LogP contribution in [0.3, 0.4) is 0 Å². The van der Waals surface area contributed by atoms with E-state index in [4.69, 9.17) is 0 Å². The molecular formula is C12H18BrN3. The van der Waals surface area contributed by atoms with Crippen molar-refractivity contribution in [3.63, 3.8) is 0 Å². The van der Waals surface area contributed by atoms with Crippen molar-refractivity contribution in [1.29, 1.82) is 0 Å². The first kappa shape index (κ1) is 11.9. The summed E-state index contributed by atoms with van der Waals surface area (Å²) in [6.45, 7) is 4.29. The van der Waals surface area contributed by atoms with Crippen LogP contribution in [0.4, 0.5) is 5.82 Å². The van der Waals surface area contributed by atoms with E-state index in [0.29, 0.717) is 6.04 Å². The minimum atomic E-state index is 0.658. The Morgan fingerprint density at radius 1 is 1.62 bits per heavy atom. The summed E-state index contributed by atoms with van der Waals surface area (Å²) in [4.78, 5) is 6.76. The first-order valence-electron chi connectivity index (χ1n) is 5.73. The molecule has 1 aliphatic heterocycles. The lowest BCUT2D eigenvalue weighted by Gasteiger charge is -2.20. The van der Waals surface area contributed by atoms with Gasteiger partial charge in [-0.3, -0.25) is 0 Å². The molecule has 1 aromatic heterocycles. The predicted molar refractivity (Wildman–Crippen MR) is 70.8 cm³/mol. The molecule has 1 aliphatic rings. The number of rotatable bonds is 3. The van der Waals surface area contributed by atoms with E-state index in [1.54, 1.807) is 0 Å². The maximum atomic E-state index is 4.35. The molecule has 88 valence electrons. The quantitative estimate of drug-likeness (QED) is 0.925. The van der Waals surface area contributed by atoms with Gasteiger partial charge in [0.15, 0.2) is 0 Å². The Hall–Kier alpha value is -0.610. The van der Waals surface area contributed by atoms with Crippen LogP contribution in [0.1, 0.15) is 18.4 Å². The average Bonchev–Trinajstić information content (AvgIpc) is 2.66. The molecule has 0 amide bonds. The Kier molecular flexibility index (Phi) is 3.82. The van der Waals surface area contributed by atoms with Crippen LogP contribution in [-0.2, 0) is 0 Å². The van der Waals surface area contributed by atoms with Gasteiger partial charge in [0.05, 0.1) is 0 Å². The second-order valence-corrected chi connectivity index (χ2v) is 5.33. The minimum Gasteiger partial charge on any atom is -0.368 e. The Labute approximate surface area is 105 Å². The number of nitrogens with zero attached hydrogens (tertiary/aromatic N) is 2. The third-order valence-electron chi connectivity index (χ3n) is 3.24. The van der Waals surface area contributed by atoms with Crippen LogP contribution in [-0.4, -0.2) is 36.1 Å². The number of aromatic nitrogens is 1. The van der Waals surface area contributed by atoms with Crippen molar-refractivity contribution in [1.82, 2.24) is 9.88 Å². The standard InChI is InChI=1S/C12H18BrN3/c1-9-6-12(15-8-11(9)13)14-7-10-4-3-5-16(10)2/h6,8,10H,3-5,7H2,1-2H3,(H,14,15). The fourth-order valence-corrected chi connectivity index (χ4v) is 2.31. The molecule has 1 fully saturated rings. The number of anilines is 1. The van der Waals surface area contributed by atoms with Crippen molar-refractivity contribution in [2.24, 2.45) is 0 Å². The fourth-order valence-electron chi connectivity index (χ4n) is 2.10. The fraction of sp³-hybridized carbons (Fsp3) is 0.583. The molecule has 1 saturated heterocycles. The molecule has 1 N–H and O–H groups in total. The lowest BCUT2D eigenvalue weighted by atomic mass is 10.2. The Bertz CT molecular complexity index is 367. The molecule has 0 aromatic carbocycles. The highest BCUT2D eigenvalue weighted by molar-refractivity contribution is 9.10. The third kappa shape index (κ3) is 2.74. The van der Waals surface area contributed by atoms with Crippen molar-refractivity contribution < 1.29 is 0 Å². The molecule has 1 atom stereocenters. The molecule has 0 saturated carbocycles. The zero-order valence-corrected chi connectivity index (χ0v) is 11.4. The SMILES string of the molecule is Cc1cc(NCC2CCCN2C)ncc1Br. The smallest absolute Gasteiger partial charge is 0.126 e. The molecular weight excluding hydrogens is 266 g/mol. The number of hydrogen-bond donors (Lipinski definition) is 1. The topological polar surface area (TPSA) is 28.2 Å². The monoisotopic (exact) mass is 283 g/mol. The number of hydrogen-bond acceptors (Lipinski definition) is 3. The molecule has 0 spiro atoms.